The number of halogens is 1. The van der Waals surface area contributed by atoms with Crippen LogP contribution in [0.25, 0.3) is 10.9 Å². The summed E-state index contributed by atoms with van der Waals surface area (Å²) < 4.78 is 15.7. The van der Waals surface area contributed by atoms with Crippen LogP contribution in [-0.2, 0) is 11.8 Å². The van der Waals surface area contributed by atoms with Crippen LogP contribution in [-0.4, -0.2) is 29.5 Å². The molecule has 2 amide bonds. The molecule has 2 aromatic carbocycles. The van der Waals surface area contributed by atoms with Crippen molar-refractivity contribution < 1.29 is 14.0 Å². The van der Waals surface area contributed by atoms with E-state index in [1.165, 1.54) is 12.1 Å². The van der Waals surface area contributed by atoms with Crippen molar-refractivity contribution in [2.24, 2.45) is 7.05 Å². The van der Waals surface area contributed by atoms with Crippen LogP contribution in [0.4, 0.5) is 10.1 Å². The Morgan fingerprint density at radius 1 is 1.21 bits per heavy atom. The van der Waals surface area contributed by atoms with E-state index in [9.17, 15) is 14.0 Å². The number of nitrogens with zero attached hydrogens (tertiary/aromatic N) is 2. The standard InChI is InChI=1S/C23H24FN3O2/c1-15(16-7-4-3-5-8-16)14-25-23(29)22-21(27-12-6-9-20(27)28)18-13-17(24)10-11-19(18)26(22)2/h3-5,7-8,10-11,13,15H,6,9,12,14H2,1-2H3,(H,25,29)/t15-/m1/s1. The van der Waals surface area contributed by atoms with Gasteiger partial charge < -0.3 is 14.8 Å². The molecule has 0 unspecified atom stereocenters. The molecular formula is C23H24FN3O2. The number of amides is 2. The second kappa shape index (κ2) is 7.70. The second-order valence-corrected chi connectivity index (χ2v) is 7.59. The third kappa shape index (κ3) is 3.50. The first-order chi connectivity index (χ1) is 14.0. The number of rotatable bonds is 5. The molecule has 1 aromatic heterocycles. The number of carbonyl (C=O) groups excluding carboxylic acids is 2. The molecule has 1 saturated heterocycles. The van der Waals surface area contributed by atoms with E-state index in [0.717, 1.165) is 17.5 Å². The Morgan fingerprint density at radius 3 is 2.66 bits per heavy atom. The highest BCUT2D eigenvalue weighted by Gasteiger charge is 2.31. The highest BCUT2D eigenvalue weighted by atomic mass is 19.1. The third-order valence-corrected chi connectivity index (χ3v) is 5.63. The van der Waals surface area contributed by atoms with Gasteiger partial charge in [0.2, 0.25) is 5.91 Å². The molecule has 0 spiro atoms. The number of aryl methyl sites for hydroxylation is 1. The van der Waals surface area contributed by atoms with Crippen molar-refractivity contribution in [2.75, 3.05) is 18.0 Å². The fourth-order valence-electron chi connectivity index (χ4n) is 4.04. The summed E-state index contributed by atoms with van der Waals surface area (Å²) in [6.45, 7) is 3.05. The number of carbonyl (C=O) groups is 2. The molecule has 3 aromatic rings. The average Bonchev–Trinajstić information content (AvgIpc) is 3.26. The fourth-order valence-corrected chi connectivity index (χ4v) is 4.04. The summed E-state index contributed by atoms with van der Waals surface area (Å²) in [4.78, 5) is 27.2. The van der Waals surface area contributed by atoms with E-state index >= 15 is 0 Å². The van der Waals surface area contributed by atoms with Crippen molar-refractivity contribution in [2.45, 2.75) is 25.7 Å². The van der Waals surface area contributed by atoms with E-state index in [-0.39, 0.29) is 23.5 Å². The lowest BCUT2D eigenvalue weighted by Gasteiger charge is -2.19. The van der Waals surface area contributed by atoms with E-state index in [2.05, 4.69) is 12.2 Å². The van der Waals surface area contributed by atoms with Gasteiger partial charge in [0.05, 0.1) is 11.2 Å². The number of anilines is 1. The van der Waals surface area contributed by atoms with Crippen LogP contribution in [0.3, 0.4) is 0 Å². The van der Waals surface area contributed by atoms with Crippen molar-refractivity contribution in [3.8, 4) is 0 Å². The molecule has 4 rings (SSSR count). The van der Waals surface area contributed by atoms with Crippen molar-refractivity contribution in [1.29, 1.82) is 0 Å². The molecule has 1 aliphatic heterocycles. The largest absolute Gasteiger partial charge is 0.350 e. The van der Waals surface area contributed by atoms with Crippen LogP contribution >= 0.6 is 0 Å². The lowest BCUT2D eigenvalue weighted by Crippen LogP contribution is -2.32. The zero-order valence-electron chi connectivity index (χ0n) is 16.6. The Morgan fingerprint density at radius 2 is 1.97 bits per heavy atom. The first kappa shape index (κ1) is 19.2. The Labute approximate surface area is 169 Å². The van der Waals surface area contributed by atoms with E-state index < -0.39 is 0 Å². The maximum Gasteiger partial charge on any atom is 0.270 e. The molecule has 1 N–H and O–H groups in total. The first-order valence-corrected chi connectivity index (χ1v) is 9.89. The molecule has 5 nitrogen and oxygen atoms in total. The van der Waals surface area contributed by atoms with E-state index in [0.29, 0.717) is 36.3 Å². The Balaban J connectivity index is 1.69. The van der Waals surface area contributed by atoms with Gasteiger partial charge in [-0.15, -0.1) is 0 Å². The van der Waals surface area contributed by atoms with Crippen LogP contribution in [0.5, 0.6) is 0 Å². The van der Waals surface area contributed by atoms with Gasteiger partial charge in [-0.1, -0.05) is 37.3 Å². The lowest BCUT2D eigenvalue weighted by atomic mass is 10.0. The smallest absolute Gasteiger partial charge is 0.270 e. The Kier molecular flexibility index (Phi) is 5.09. The van der Waals surface area contributed by atoms with Crippen molar-refractivity contribution in [3.63, 3.8) is 0 Å². The molecule has 150 valence electrons. The Bertz CT molecular complexity index is 1070. The van der Waals surface area contributed by atoms with Gasteiger partial charge in [0.1, 0.15) is 11.5 Å². The van der Waals surface area contributed by atoms with Gasteiger partial charge in [-0.3, -0.25) is 9.59 Å². The zero-order valence-corrected chi connectivity index (χ0v) is 16.6. The lowest BCUT2D eigenvalue weighted by molar-refractivity contribution is -0.117. The number of aromatic nitrogens is 1. The van der Waals surface area contributed by atoms with Crippen molar-refractivity contribution in [1.82, 2.24) is 9.88 Å². The molecule has 0 aliphatic carbocycles. The minimum absolute atomic E-state index is 0.0338. The summed E-state index contributed by atoms with van der Waals surface area (Å²) >= 11 is 0. The molecule has 29 heavy (non-hydrogen) atoms. The normalized spacial score (nSPS) is 15.1. The summed E-state index contributed by atoms with van der Waals surface area (Å²) in [7, 11) is 1.78. The first-order valence-electron chi connectivity index (χ1n) is 9.89. The SMILES string of the molecule is C[C@H](CNC(=O)c1c(N2CCCC2=O)c2cc(F)ccc2n1C)c1ccccc1. The quantitative estimate of drug-likeness (QED) is 0.713. The predicted octanol–water partition coefficient (Wildman–Crippen LogP) is 3.98. The summed E-state index contributed by atoms with van der Waals surface area (Å²) in [6.07, 6.45) is 1.18. The highest BCUT2D eigenvalue weighted by molar-refractivity contribution is 6.14. The second-order valence-electron chi connectivity index (χ2n) is 7.59. The summed E-state index contributed by atoms with van der Waals surface area (Å²) in [5.41, 5.74) is 2.76. The van der Waals surface area contributed by atoms with Gasteiger partial charge >= 0.3 is 0 Å². The van der Waals surface area contributed by atoms with Gasteiger partial charge in [0.15, 0.2) is 0 Å². The molecule has 0 radical (unpaired) electrons. The van der Waals surface area contributed by atoms with Crippen molar-refractivity contribution in [3.05, 3.63) is 65.6 Å². The fraction of sp³-hybridized carbons (Fsp3) is 0.304. The van der Waals surface area contributed by atoms with Gasteiger partial charge in [-0.25, -0.2) is 4.39 Å². The molecule has 6 heteroatoms. The number of benzene rings is 2. The van der Waals surface area contributed by atoms with Gasteiger partial charge in [0, 0.05) is 31.9 Å². The topological polar surface area (TPSA) is 54.3 Å². The van der Waals surface area contributed by atoms with Crippen LogP contribution in [0.2, 0.25) is 0 Å². The van der Waals surface area contributed by atoms with Crippen LogP contribution < -0.4 is 10.2 Å². The molecule has 1 fully saturated rings. The molecular weight excluding hydrogens is 369 g/mol. The monoisotopic (exact) mass is 393 g/mol. The summed E-state index contributed by atoms with van der Waals surface area (Å²) in [6, 6.07) is 14.4. The summed E-state index contributed by atoms with van der Waals surface area (Å²) in [5, 5.41) is 3.59. The zero-order chi connectivity index (χ0) is 20.5. The van der Waals surface area contributed by atoms with E-state index in [4.69, 9.17) is 0 Å². The van der Waals surface area contributed by atoms with Crippen LogP contribution in [0.1, 0.15) is 41.7 Å². The molecule has 1 aliphatic rings. The molecule has 2 heterocycles. The van der Waals surface area contributed by atoms with Gasteiger partial charge in [-0.05, 0) is 36.1 Å². The molecule has 0 bridgehead atoms. The van der Waals surface area contributed by atoms with E-state index in [1.54, 1.807) is 22.6 Å². The number of hydrogen-bond donors (Lipinski definition) is 1. The number of hydrogen-bond acceptors (Lipinski definition) is 2. The molecule has 0 saturated carbocycles. The van der Waals surface area contributed by atoms with Gasteiger partial charge in [0.25, 0.3) is 5.91 Å². The maximum absolute atomic E-state index is 14.0. The minimum Gasteiger partial charge on any atom is -0.350 e. The van der Waals surface area contributed by atoms with Crippen molar-refractivity contribution >= 4 is 28.4 Å². The van der Waals surface area contributed by atoms with E-state index in [1.807, 2.05) is 30.3 Å². The average molecular weight is 393 g/mol. The summed E-state index contributed by atoms with van der Waals surface area (Å²) in [5.74, 6) is -0.542. The molecule has 1 atom stereocenters. The van der Waals surface area contributed by atoms with Crippen LogP contribution in [0.15, 0.2) is 48.5 Å². The maximum atomic E-state index is 14.0. The minimum atomic E-state index is -0.388. The predicted molar refractivity (Wildman–Crippen MR) is 112 cm³/mol. The van der Waals surface area contributed by atoms with Gasteiger partial charge in [-0.2, -0.15) is 0 Å². The highest BCUT2D eigenvalue weighted by Crippen LogP contribution is 2.36. The van der Waals surface area contributed by atoms with Crippen LogP contribution in [0, 0.1) is 5.82 Å². The number of fused-ring (bicyclic) bond motifs is 1. The number of nitrogens with one attached hydrogen (secondary N) is 1. The third-order valence-electron chi connectivity index (χ3n) is 5.63. The Hall–Kier alpha value is -3.15.